The summed E-state index contributed by atoms with van der Waals surface area (Å²) in [4.78, 5) is 25.5. The largest absolute Gasteiger partial charge is 0.341 e. The predicted octanol–water partition coefficient (Wildman–Crippen LogP) is 5.73. The second kappa shape index (κ2) is 8.98. The smallest absolute Gasteiger partial charge is 0.233 e. The van der Waals surface area contributed by atoms with Gasteiger partial charge in [-0.05, 0) is 36.6 Å². The van der Waals surface area contributed by atoms with Crippen LogP contribution in [0.3, 0.4) is 0 Å². The summed E-state index contributed by atoms with van der Waals surface area (Å²) in [5, 5.41) is 1.86. The molecule has 0 spiro atoms. The van der Waals surface area contributed by atoms with Crippen molar-refractivity contribution in [3.63, 3.8) is 0 Å². The molecule has 0 aliphatic heterocycles. The van der Waals surface area contributed by atoms with Gasteiger partial charge in [-0.3, -0.25) is 4.79 Å². The van der Waals surface area contributed by atoms with Crippen LogP contribution in [-0.4, -0.2) is 33.6 Å². The molecule has 0 aliphatic rings. The number of rotatable bonds is 6. The van der Waals surface area contributed by atoms with Crippen molar-refractivity contribution in [3.8, 4) is 10.4 Å². The molecule has 6 heteroatoms. The van der Waals surface area contributed by atoms with E-state index in [1.54, 1.807) is 22.6 Å². The van der Waals surface area contributed by atoms with Crippen molar-refractivity contribution in [2.45, 2.75) is 25.4 Å². The standard InChI is InChI=1S/C24H23N3OS2/c1-16-9-10-19(17(2)11-16)13-27(3)22(28)14-29-23-20-12-21(18-7-5-4-6-8-18)30-24(20)26-15-25-23/h4-12,15H,13-14H2,1-3H3. The molecule has 0 N–H and O–H groups in total. The van der Waals surface area contributed by atoms with E-state index in [4.69, 9.17) is 0 Å². The molecule has 4 aromatic rings. The monoisotopic (exact) mass is 433 g/mol. The molecule has 30 heavy (non-hydrogen) atoms. The zero-order chi connectivity index (χ0) is 21.1. The third kappa shape index (κ3) is 4.55. The maximum atomic E-state index is 12.7. The number of nitrogens with zero attached hydrogens (tertiary/aromatic N) is 3. The first kappa shape index (κ1) is 20.6. The summed E-state index contributed by atoms with van der Waals surface area (Å²) in [7, 11) is 1.86. The van der Waals surface area contributed by atoms with E-state index in [1.807, 2.05) is 25.2 Å². The molecule has 0 aliphatic carbocycles. The summed E-state index contributed by atoms with van der Waals surface area (Å²) >= 11 is 3.13. The first-order chi connectivity index (χ1) is 14.5. The third-order valence-corrected chi connectivity index (χ3v) is 7.10. The van der Waals surface area contributed by atoms with Crippen LogP contribution in [0.2, 0.25) is 0 Å². The van der Waals surface area contributed by atoms with Crippen LogP contribution in [0.25, 0.3) is 20.7 Å². The average molecular weight is 434 g/mol. The second-order valence-corrected chi connectivity index (χ2v) is 9.34. The topological polar surface area (TPSA) is 46.1 Å². The van der Waals surface area contributed by atoms with Crippen molar-refractivity contribution in [2.75, 3.05) is 12.8 Å². The zero-order valence-corrected chi connectivity index (χ0v) is 18.9. The average Bonchev–Trinajstić information content (AvgIpc) is 3.19. The van der Waals surface area contributed by atoms with Crippen molar-refractivity contribution >= 4 is 39.2 Å². The van der Waals surface area contributed by atoms with Gasteiger partial charge in [0.1, 0.15) is 16.2 Å². The van der Waals surface area contributed by atoms with Crippen molar-refractivity contribution in [3.05, 3.63) is 77.6 Å². The lowest BCUT2D eigenvalue weighted by Gasteiger charge is -2.18. The van der Waals surface area contributed by atoms with Crippen molar-refractivity contribution in [2.24, 2.45) is 0 Å². The van der Waals surface area contributed by atoms with Gasteiger partial charge in [-0.1, -0.05) is 65.9 Å². The maximum absolute atomic E-state index is 12.7. The molecular formula is C24H23N3OS2. The van der Waals surface area contributed by atoms with Crippen LogP contribution in [0.15, 0.2) is 66.0 Å². The second-order valence-electron chi connectivity index (χ2n) is 7.34. The molecule has 2 heterocycles. The number of carbonyl (C=O) groups excluding carboxylic acids is 1. The number of thioether (sulfide) groups is 1. The normalized spacial score (nSPS) is 11.0. The van der Waals surface area contributed by atoms with E-state index in [0.29, 0.717) is 12.3 Å². The van der Waals surface area contributed by atoms with Gasteiger partial charge in [0, 0.05) is 23.9 Å². The Morgan fingerprint density at radius 3 is 2.63 bits per heavy atom. The maximum Gasteiger partial charge on any atom is 0.233 e. The molecule has 4 nitrogen and oxygen atoms in total. The number of hydrogen-bond donors (Lipinski definition) is 0. The molecule has 1 amide bonds. The SMILES string of the molecule is Cc1ccc(CN(C)C(=O)CSc2ncnc3sc(-c4ccccc4)cc23)c(C)c1. The highest BCUT2D eigenvalue weighted by atomic mass is 32.2. The minimum absolute atomic E-state index is 0.0882. The number of fused-ring (bicyclic) bond motifs is 1. The first-order valence-electron chi connectivity index (χ1n) is 9.74. The number of aromatic nitrogens is 2. The van der Waals surface area contributed by atoms with Crippen molar-refractivity contribution in [1.82, 2.24) is 14.9 Å². The lowest BCUT2D eigenvalue weighted by Crippen LogP contribution is -2.28. The van der Waals surface area contributed by atoms with Gasteiger partial charge >= 0.3 is 0 Å². The van der Waals surface area contributed by atoms with Crippen LogP contribution in [0.5, 0.6) is 0 Å². The van der Waals surface area contributed by atoms with Gasteiger partial charge in [-0.15, -0.1) is 11.3 Å². The van der Waals surface area contributed by atoms with Gasteiger partial charge in [0.25, 0.3) is 0 Å². The highest BCUT2D eigenvalue weighted by Crippen LogP contribution is 2.36. The van der Waals surface area contributed by atoms with Gasteiger partial charge < -0.3 is 4.90 Å². The number of carbonyl (C=O) groups is 1. The van der Waals surface area contributed by atoms with Gasteiger partial charge in [0.2, 0.25) is 5.91 Å². The lowest BCUT2D eigenvalue weighted by molar-refractivity contribution is -0.127. The lowest BCUT2D eigenvalue weighted by atomic mass is 10.1. The zero-order valence-electron chi connectivity index (χ0n) is 17.3. The molecule has 0 saturated heterocycles. The van der Waals surface area contributed by atoms with E-state index < -0.39 is 0 Å². The molecule has 2 aromatic heterocycles. The van der Waals surface area contributed by atoms with Crippen LogP contribution in [-0.2, 0) is 11.3 Å². The molecule has 4 rings (SSSR count). The molecular weight excluding hydrogens is 410 g/mol. The minimum Gasteiger partial charge on any atom is -0.341 e. The Kier molecular flexibility index (Phi) is 6.16. The molecule has 0 fully saturated rings. The Labute approximate surface area is 185 Å². The number of hydrogen-bond acceptors (Lipinski definition) is 5. The van der Waals surface area contributed by atoms with Gasteiger partial charge in [-0.2, -0.15) is 0 Å². The van der Waals surface area contributed by atoms with E-state index in [9.17, 15) is 4.79 Å². The highest BCUT2D eigenvalue weighted by Gasteiger charge is 2.15. The predicted molar refractivity (Wildman–Crippen MR) is 126 cm³/mol. The minimum atomic E-state index is 0.0882. The Hall–Kier alpha value is -2.70. The van der Waals surface area contributed by atoms with Crippen LogP contribution < -0.4 is 0 Å². The summed E-state index contributed by atoms with van der Waals surface area (Å²) in [6.07, 6.45) is 1.58. The summed E-state index contributed by atoms with van der Waals surface area (Å²) in [5.41, 5.74) is 4.79. The van der Waals surface area contributed by atoms with E-state index >= 15 is 0 Å². The first-order valence-corrected chi connectivity index (χ1v) is 11.5. The quantitative estimate of drug-likeness (QED) is 0.288. The van der Waals surface area contributed by atoms with Crippen LogP contribution in [0.4, 0.5) is 0 Å². The number of amides is 1. The van der Waals surface area contributed by atoms with Crippen LogP contribution in [0, 0.1) is 13.8 Å². The highest BCUT2D eigenvalue weighted by molar-refractivity contribution is 8.00. The Balaban J connectivity index is 1.46. The van der Waals surface area contributed by atoms with E-state index in [-0.39, 0.29) is 5.91 Å². The molecule has 0 saturated carbocycles. The molecule has 2 aromatic carbocycles. The molecule has 0 unspecified atom stereocenters. The van der Waals surface area contributed by atoms with Crippen LogP contribution >= 0.6 is 23.1 Å². The fourth-order valence-electron chi connectivity index (χ4n) is 3.30. The number of thiophene rings is 1. The van der Waals surface area contributed by atoms with E-state index in [1.165, 1.54) is 34.0 Å². The summed E-state index contributed by atoms with van der Waals surface area (Å²) < 4.78 is 0. The Morgan fingerprint density at radius 1 is 1.07 bits per heavy atom. The van der Waals surface area contributed by atoms with Crippen molar-refractivity contribution < 1.29 is 4.79 Å². The molecule has 152 valence electrons. The third-order valence-electron chi connectivity index (χ3n) is 5.01. The van der Waals surface area contributed by atoms with E-state index in [0.717, 1.165) is 20.1 Å². The summed E-state index contributed by atoms with van der Waals surface area (Å²) in [5.74, 6) is 0.439. The molecule has 0 atom stereocenters. The van der Waals surface area contributed by atoms with Crippen molar-refractivity contribution in [1.29, 1.82) is 0 Å². The van der Waals surface area contributed by atoms with E-state index in [2.05, 4.69) is 60.2 Å². The van der Waals surface area contributed by atoms with Gasteiger partial charge in [0.15, 0.2) is 0 Å². The number of aryl methyl sites for hydroxylation is 2. The van der Waals surface area contributed by atoms with Gasteiger partial charge in [0.05, 0.1) is 5.75 Å². The van der Waals surface area contributed by atoms with Gasteiger partial charge in [-0.25, -0.2) is 9.97 Å². The fourth-order valence-corrected chi connectivity index (χ4v) is 5.28. The molecule has 0 bridgehead atoms. The fraction of sp³-hybridized carbons (Fsp3) is 0.208. The number of benzene rings is 2. The Morgan fingerprint density at radius 2 is 1.87 bits per heavy atom. The molecule has 0 radical (unpaired) electrons. The summed E-state index contributed by atoms with van der Waals surface area (Å²) in [6.45, 7) is 4.79. The Bertz CT molecular complexity index is 1190. The summed E-state index contributed by atoms with van der Waals surface area (Å²) in [6, 6.07) is 18.7. The van der Waals surface area contributed by atoms with Crippen LogP contribution in [0.1, 0.15) is 16.7 Å².